The van der Waals surface area contributed by atoms with Crippen LogP contribution in [0, 0.1) is 0 Å². The minimum Gasteiger partial charge on any atom is -0.452 e. The monoisotopic (exact) mass is 320 g/mol. The quantitative estimate of drug-likeness (QED) is 0.849. The van der Waals surface area contributed by atoms with E-state index in [4.69, 9.17) is 9.47 Å². The average molecular weight is 320 g/mol. The van der Waals surface area contributed by atoms with Gasteiger partial charge in [0.25, 0.3) is 5.91 Å². The van der Waals surface area contributed by atoms with Gasteiger partial charge in [-0.1, -0.05) is 0 Å². The number of esters is 1. The fourth-order valence-corrected chi connectivity index (χ4v) is 3.00. The number of carbonyl (C=O) groups excluding carboxylic acids is 2. The third-order valence-corrected chi connectivity index (χ3v) is 4.24. The van der Waals surface area contributed by atoms with Crippen molar-refractivity contribution >= 4 is 33.4 Å². The molecule has 6 nitrogen and oxygen atoms in total. The van der Waals surface area contributed by atoms with E-state index in [1.165, 1.54) is 11.3 Å². The minimum atomic E-state index is -0.512. The number of ether oxygens (including phenoxy) is 2. The molecule has 22 heavy (non-hydrogen) atoms. The lowest BCUT2D eigenvalue weighted by atomic mass is 10.2. The largest absolute Gasteiger partial charge is 0.452 e. The average Bonchev–Trinajstić information content (AvgIpc) is 3.20. The van der Waals surface area contributed by atoms with Crippen LogP contribution in [0.1, 0.15) is 23.2 Å². The predicted molar refractivity (Wildman–Crippen MR) is 81.9 cm³/mol. The van der Waals surface area contributed by atoms with Gasteiger partial charge in [-0.25, -0.2) is 9.78 Å². The van der Waals surface area contributed by atoms with Crippen molar-refractivity contribution in [3.05, 3.63) is 29.3 Å². The maximum absolute atomic E-state index is 11.9. The first-order valence-electron chi connectivity index (χ1n) is 7.11. The van der Waals surface area contributed by atoms with E-state index in [1.54, 1.807) is 23.7 Å². The van der Waals surface area contributed by atoms with Gasteiger partial charge in [0.1, 0.15) is 0 Å². The zero-order chi connectivity index (χ0) is 15.4. The Balaban J connectivity index is 1.47. The Kier molecular flexibility index (Phi) is 4.65. The molecule has 1 aromatic carbocycles. The van der Waals surface area contributed by atoms with Crippen molar-refractivity contribution in [3.63, 3.8) is 0 Å². The summed E-state index contributed by atoms with van der Waals surface area (Å²) in [7, 11) is 0. The molecule has 0 bridgehead atoms. The lowest BCUT2D eigenvalue weighted by molar-refractivity contribution is -0.124. The van der Waals surface area contributed by atoms with Crippen LogP contribution < -0.4 is 5.32 Å². The van der Waals surface area contributed by atoms with Crippen molar-refractivity contribution < 1.29 is 19.1 Å². The zero-order valence-corrected chi connectivity index (χ0v) is 12.7. The van der Waals surface area contributed by atoms with Gasteiger partial charge >= 0.3 is 5.97 Å². The van der Waals surface area contributed by atoms with Gasteiger partial charge in [-0.05, 0) is 31.0 Å². The van der Waals surface area contributed by atoms with Crippen molar-refractivity contribution in [2.24, 2.45) is 0 Å². The van der Waals surface area contributed by atoms with Crippen LogP contribution in [-0.4, -0.2) is 42.7 Å². The molecule has 116 valence electrons. The molecule has 2 heterocycles. The van der Waals surface area contributed by atoms with Crippen molar-refractivity contribution in [1.29, 1.82) is 0 Å². The smallest absolute Gasteiger partial charge is 0.338 e. The highest BCUT2D eigenvalue weighted by molar-refractivity contribution is 7.16. The third kappa shape index (κ3) is 3.61. The van der Waals surface area contributed by atoms with Gasteiger partial charge in [-0.3, -0.25) is 4.79 Å². The van der Waals surface area contributed by atoms with Crippen LogP contribution >= 0.6 is 11.3 Å². The molecule has 1 saturated heterocycles. The standard InChI is InChI=1S/C15H16N2O4S/c18-14(16-7-11-2-1-5-20-11)8-21-15(19)10-3-4-12-13(6-10)22-9-17-12/h3-4,6,9,11H,1-2,5,7-8H2,(H,16,18)/t11-/m1/s1. The first kappa shape index (κ1) is 14.9. The van der Waals surface area contributed by atoms with E-state index in [0.717, 1.165) is 29.7 Å². The van der Waals surface area contributed by atoms with E-state index < -0.39 is 5.97 Å². The number of benzene rings is 1. The number of nitrogens with zero attached hydrogens (tertiary/aromatic N) is 1. The molecule has 1 aliphatic rings. The molecule has 0 aliphatic carbocycles. The lowest BCUT2D eigenvalue weighted by Crippen LogP contribution is -2.34. The van der Waals surface area contributed by atoms with Crippen LogP contribution in [0.2, 0.25) is 0 Å². The van der Waals surface area contributed by atoms with E-state index in [-0.39, 0.29) is 18.6 Å². The van der Waals surface area contributed by atoms with Gasteiger partial charge in [-0.2, -0.15) is 0 Å². The molecule has 7 heteroatoms. The summed E-state index contributed by atoms with van der Waals surface area (Å²) < 4.78 is 11.3. The van der Waals surface area contributed by atoms with Gasteiger partial charge in [0.05, 0.1) is 27.4 Å². The summed E-state index contributed by atoms with van der Waals surface area (Å²) in [5.41, 5.74) is 2.98. The van der Waals surface area contributed by atoms with E-state index in [0.29, 0.717) is 12.1 Å². The number of carbonyl (C=O) groups is 2. The topological polar surface area (TPSA) is 77.5 Å². The maximum atomic E-state index is 11.9. The zero-order valence-electron chi connectivity index (χ0n) is 11.9. The highest BCUT2D eigenvalue weighted by Gasteiger charge is 2.17. The Morgan fingerprint density at radius 3 is 3.18 bits per heavy atom. The Hall–Kier alpha value is -1.99. The van der Waals surface area contributed by atoms with E-state index in [2.05, 4.69) is 10.3 Å². The van der Waals surface area contributed by atoms with Crippen molar-refractivity contribution in [3.8, 4) is 0 Å². The second-order valence-corrected chi connectivity index (χ2v) is 5.94. The van der Waals surface area contributed by atoms with E-state index in [9.17, 15) is 9.59 Å². The van der Waals surface area contributed by atoms with Crippen molar-refractivity contribution in [2.75, 3.05) is 19.8 Å². The molecule has 3 rings (SSSR count). The molecule has 0 radical (unpaired) electrons. The SMILES string of the molecule is O=C(COC(=O)c1ccc2ncsc2c1)NC[C@H]1CCCO1. The summed E-state index contributed by atoms with van der Waals surface area (Å²) in [5, 5.41) is 2.71. The van der Waals surface area contributed by atoms with Crippen LogP contribution in [0.5, 0.6) is 0 Å². The molecule has 0 saturated carbocycles. The summed E-state index contributed by atoms with van der Waals surface area (Å²) in [6, 6.07) is 5.13. The molecule has 0 unspecified atom stereocenters. The highest BCUT2D eigenvalue weighted by atomic mass is 32.1. The molecule has 1 N–H and O–H groups in total. The van der Waals surface area contributed by atoms with Crippen LogP contribution in [0.4, 0.5) is 0 Å². The second kappa shape index (κ2) is 6.85. The third-order valence-electron chi connectivity index (χ3n) is 3.45. The summed E-state index contributed by atoms with van der Waals surface area (Å²) in [4.78, 5) is 27.7. The summed E-state index contributed by atoms with van der Waals surface area (Å²) in [6.45, 7) is 0.922. The first-order chi connectivity index (χ1) is 10.7. The minimum absolute atomic E-state index is 0.0772. The second-order valence-electron chi connectivity index (χ2n) is 5.05. The molecular weight excluding hydrogens is 304 g/mol. The molecule has 2 aromatic rings. The number of hydrogen-bond acceptors (Lipinski definition) is 6. The normalized spacial score (nSPS) is 17.5. The number of amides is 1. The predicted octanol–water partition coefficient (Wildman–Crippen LogP) is 1.75. The number of fused-ring (bicyclic) bond motifs is 1. The fraction of sp³-hybridized carbons (Fsp3) is 0.400. The number of rotatable bonds is 5. The van der Waals surface area contributed by atoms with Gasteiger partial charge in [0.15, 0.2) is 6.61 Å². The Morgan fingerprint density at radius 1 is 1.45 bits per heavy atom. The Morgan fingerprint density at radius 2 is 2.36 bits per heavy atom. The highest BCUT2D eigenvalue weighted by Crippen LogP contribution is 2.19. The lowest BCUT2D eigenvalue weighted by Gasteiger charge is -2.10. The molecule has 1 atom stereocenters. The van der Waals surface area contributed by atoms with E-state index >= 15 is 0 Å². The van der Waals surface area contributed by atoms with Gasteiger partial charge in [0, 0.05) is 13.2 Å². The molecule has 1 aromatic heterocycles. The first-order valence-corrected chi connectivity index (χ1v) is 7.99. The number of nitrogens with one attached hydrogen (secondary N) is 1. The fourth-order valence-electron chi connectivity index (χ4n) is 2.28. The van der Waals surface area contributed by atoms with E-state index in [1.807, 2.05) is 0 Å². The number of hydrogen-bond donors (Lipinski definition) is 1. The maximum Gasteiger partial charge on any atom is 0.338 e. The molecule has 0 spiro atoms. The molecule has 1 aliphatic heterocycles. The summed E-state index contributed by atoms with van der Waals surface area (Å²) in [6.07, 6.45) is 2.05. The Bertz CT molecular complexity index is 679. The number of thiazole rings is 1. The summed E-state index contributed by atoms with van der Waals surface area (Å²) >= 11 is 1.45. The van der Waals surface area contributed by atoms with Crippen molar-refractivity contribution in [2.45, 2.75) is 18.9 Å². The molecule has 1 fully saturated rings. The van der Waals surface area contributed by atoms with Crippen LogP contribution in [0.25, 0.3) is 10.2 Å². The van der Waals surface area contributed by atoms with Crippen LogP contribution in [0.15, 0.2) is 23.7 Å². The van der Waals surface area contributed by atoms with Crippen LogP contribution in [0.3, 0.4) is 0 Å². The van der Waals surface area contributed by atoms with Gasteiger partial charge in [-0.15, -0.1) is 11.3 Å². The Labute approximate surface area is 131 Å². The van der Waals surface area contributed by atoms with Crippen molar-refractivity contribution in [1.82, 2.24) is 10.3 Å². The van der Waals surface area contributed by atoms with Crippen LogP contribution in [-0.2, 0) is 14.3 Å². The molecular formula is C15H16N2O4S. The number of aromatic nitrogens is 1. The van der Waals surface area contributed by atoms with Gasteiger partial charge < -0.3 is 14.8 Å². The molecule has 1 amide bonds. The summed E-state index contributed by atoms with van der Waals surface area (Å²) in [5.74, 6) is -0.828. The van der Waals surface area contributed by atoms with Gasteiger partial charge in [0.2, 0.25) is 0 Å².